The van der Waals surface area contributed by atoms with Crippen molar-refractivity contribution >= 4 is 45.8 Å². The van der Waals surface area contributed by atoms with Crippen molar-refractivity contribution in [2.24, 2.45) is 0 Å². The highest BCUT2D eigenvalue weighted by molar-refractivity contribution is 14.1. The van der Waals surface area contributed by atoms with Gasteiger partial charge in [0.25, 0.3) is 0 Å². The SMILES string of the molecule is C.C.CI.FC(F)(F)F.FI. The summed E-state index contributed by atoms with van der Waals surface area (Å²) in [6.07, 6.45) is -5.50. The Hall–Kier alpha value is 1.11. The normalized spacial score (nSPS) is 6.55. The zero-order chi connectivity index (χ0) is 8.50. The lowest BCUT2D eigenvalue weighted by atomic mass is 11.5. The first kappa shape index (κ1) is 29.6. The van der Waals surface area contributed by atoms with Crippen LogP contribution in [0.2, 0.25) is 0 Å². The minimum absolute atomic E-state index is 0. The van der Waals surface area contributed by atoms with Crippen LogP contribution in [0.15, 0.2) is 0 Å². The molecule has 0 unspecified atom stereocenters. The van der Waals surface area contributed by atoms with Crippen molar-refractivity contribution in [1.29, 1.82) is 0 Å². The van der Waals surface area contributed by atoms with Gasteiger partial charge < -0.3 is 0 Å². The Morgan fingerprint density at radius 2 is 0.818 bits per heavy atom. The van der Waals surface area contributed by atoms with Gasteiger partial charge >= 0.3 is 6.43 Å². The molecule has 0 saturated heterocycles. The summed E-state index contributed by atoms with van der Waals surface area (Å²) >= 11 is 2.80. The molecular formula is C4H11F5I2. The zero-order valence-electron chi connectivity index (χ0n) is 4.15. The highest BCUT2D eigenvalue weighted by Crippen LogP contribution is 2.13. The molecule has 0 fully saturated rings. The highest BCUT2D eigenvalue weighted by Gasteiger charge is 2.24. The van der Waals surface area contributed by atoms with Gasteiger partial charge in [0.1, 0.15) is 0 Å². The van der Waals surface area contributed by atoms with Crippen LogP contribution < -0.4 is 0 Å². The largest absolute Gasteiger partial charge is 0.559 e. The first-order valence-electron chi connectivity index (χ1n) is 1.28. The van der Waals surface area contributed by atoms with E-state index in [1.54, 1.807) is 0 Å². The van der Waals surface area contributed by atoms with Crippen molar-refractivity contribution < 1.29 is 20.4 Å². The van der Waals surface area contributed by atoms with Gasteiger partial charge in [0.15, 0.2) is 23.2 Å². The molecule has 0 radical (unpaired) electrons. The molecule has 0 nitrogen and oxygen atoms in total. The molecule has 76 valence electrons. The first-order valence-corrected chi connectivity index (χ1v) is 4.25. The fraction of sp³-hybridized carbons (Fsp3) is 1.00. The molecule has 0 N–H and O–H groups in total. The molecule has 0 aromatic heterocycles. The van der Waals surface area contributed by atoms with Crippen molar-refractivity contribution in [2.75, 3.05) is 4.93 Å². The topological polar surface area (TPSA) is 0 Å². The van der Waals surface area contributed by atoms with E-state index in [-0.39, 0.29) is 14.9 Å². The van der Waals surface area contributed by atoms with Crippen LogP contribution >= 0.6 is 45.8 Å². The van der Waals surface area contributed by atoms with Crippen molar-refractivity contribution in [3.05, 3.63) is 0 Å². The predicted octanol–water partition coefficient (Wildman–Crippen LogP) is 5.11. The molecule has 0 aliphatic carbocycles. The van der Waals surface area contributed by atoms with Crippen molar-refractivity contribution in [3.8, 4) is 0 Å². The molecule has 0 bridgehead atoms. The molecule has 0 heterocycles. The minimum atomic E-state index is -5.50. The van der Waals surface area contributed by atoms with E-state index in [2.05, 4.69) is 22.6 Å². The third kappa shape index (κ3) is 748. The maximum atomic E-state index is 9.69. The molecule has 11 heavy (non-hydrogen) atoms. The van der Waals surface area contributed by atoms with Gasteiger partial charge in [-0.15, -0.1) is 17.6 Å². The van der Waals surface area contributed by atoms with E-state index in [0.29, 0.717) is 23.2 Å². The second kappa shape index (κ2) is 22.5. The molecule has 0 atom stereocenters. The van der Waals surface area contributed by atoms with Crippen LogP contribution in [0.5, 0.6) is 0 Å². The van der Waals surface area contributed by atoms with Crippen LogP contribution in [-0.4, -0.2) is 11.4 Å². The van der Waals surface area contributed by atoms with Gasteiger partial charge in [-0.1, -0.05) is 37.4 Å². The summed E-state index contributed by atoms with van der Waals surface area (Å²) in [4.78, 5) is 1.97. The molecular weight excluding hydrogens is 397 g/mol. The Bertz CT molecular complexity index is 32.0. The van der Waals surface area contributed by atoms with Crippen molar-refractivity contribution in [1.82, 2.24) is 0 Å². The Balaban J connectivity index is -0.0000000178. The number of hydrogen-bond donors (Lipinski definition) is 0. The molecule has 0 aliphatic heterocycles. The minimum Gasteiger partial charge on any atom is -0.171 e. The summed E-state index contributed by atoms with van der Waals surface area (Å²) in [5.41, 5.74) is 0. The monoisotopic (exact) mass is 408 g/mol. The Labute approximate surface area is 92.0 Å². The standard InChI is InChI=1S/CF4.CH3I.2CH4.FI/c2-1(3,4)5;1-2;;;1-2/h;1H3;2*1H4;. The van der Waals surface area contributed by atoms with Crippen LogP contribution in [0.3, 0.4) is 0 Å². The highest BCUT2D eigenvalue weighted by atomic mass is 127. The fourth-order valence-electron chi connectivity index (χ4n) is 0. The van der Waals surface area contributed by atoms with Gasteiger partial charge in [-0.05, 0) is 4.93 Å². The molecule has 0 spiro atoms. The van der Waals surface area contributed by atoms with Crippen LogP contribution in [0.4, 0.5) is 20.4 Å². The number of halogens is 7. The van der Waals surface area contributed by atoms with Gasteiger partial charge in [-0.2, -0.15) is 2.86 Å². The number of rotatable bonds is 0. The van der Waals surface area contributed by atoms with Crippen LogP contribution in [0.25, 0.3) is 0 Å². The lowest BCUT2D eigenvalue weighted by Crippen LogP contribution is -1.92. The van der Waals surface area contributed by atoms with Crippen LogP contribution in [0.1, 0.15) is 14.9 Å². The van der Waals surface area contributed by atoms with E-state index in [1.165, 1.54) is 0 Å². The summed E-state index contributed by atoms with van der Waals surface area (Å²) in [5.74, 6) is 0. The average Bonchev–Trinajstić information content (AvgIpc) is 1.72. The smallest absolute Gasteiger partial charge is 0.171 e. The van der Waals surface area contributed by atoms with E-state index >= 15 is 0 Å². The van der Waals surface area contributed by atoms with Crippen LogP contribution in [-0.2, 0) is 0 Å². The zero-order valence-corrected chi connectivity index (χ0v) is 8.46. The first-order chi connectivity index (χ1) is 4.00. The third-order valence-electron chi connectivity index (χ3n) is 0. The second-order valence-electron chi connectivity index (χ2n) is 0.429. The Morgan fingerprint density at radius 3 is 0.818 bits per heavy atom. The third-order valence-corrected chi connectivity index (χ3v) is 0. The van der Waals surface area contributed by atoms with E-state index in [9.17, 15) is 20.4 Å². The fourth-order valence-corrected chi connectivity index (χ4v) is 0. The summed E-state index contributed by atoms with van der Waals surface area (Å²) in [7, 11) is 0. The summed E-state index contributed by atoms with van der Waals surface area (Å²) in [5, 5.41) is 0. The molecule has 0 rings (SSSR count). The predicted molar refractivity (Wildman–Crippen MR) is 55.7 cm³/mol. The molecule has 0 aliphatic rings. The van der Waals surface area contributed by atoms with Crippen LogP contribution in [0, 0.1) is 0 Å². The molecule has 0 saturated carbocycles. The molecule has 0 amide bonds. The van der Waals surface area contributed by atoms with Gasteiger partial charge in [-0.3, -0.25) is 0 Å². The quantitative estimate of drug-likeness (QED) is 0.297. The summed E-state index contributed by atoms with van der Waals surface area (Å²) in [6, 6.07) is 0. The number of hydrogen-bond acceptors (Lipinski definition) is 0. The Kier molecular flexibility index (Phi) is 60.4. The Morgan fingerprint density at radius 1 is 0.818 bits per heavy atom. The molecule has 0 aromatic rings. The van der Waals surface area contributed by atoms with E-state index in [1.807, 2.05) is 4.93 Å². The van der Waals surface area contributed by atoms with Gasteiger partial charge in [0.2, 0.25) is 0 Å². The van der Waals surface area contributed by atoms with Crippen molar-refractivity contribution in [3.63, 3.8) is 0 Å². The molecule has 0 aromatic carbocycles. The summed E-state index contributed by atoms with van der Waals surface area (Å²) < 4.78 is 48.2. The average molecular weight is 408 g/mol. The maximum absolute atomic E-state index is 9.69. The van der Waals surface area contributed by atoms with Crippen molar-refractivity contribution in [2.45, 2.75) is 21.3 Å². The second-order valence-corrected chi connectivity index (χ2v) is 0.429. The van der Waals surface area contributed by atoms with Gasteiger partial charge in [0, 0.05) is 0 Å². The summed E-state index contributed by atoms with van der Waals surface area (Å²) in [6.45, 7) is 0. The number of alkyl halides is 5. The lowest BCUT2D eigenvalue weighted by molar-refractivity contribution is -0.237. The van der Waals surface area contributed by atoms with Gasteiger partial charge in [0.05, 0.1) is 0 Å². The molecule has 7 heteroatoms. The van der Waals surface area contributed by atoms with Gasteiger partial charge in [-0.25, -0.2) is 0 Å². The van der Waals surface area contributed by atoms with E-state index < -0.39 is 6.43 Å². The lowest BCUT2D eigenvalue weighted by Gasteiger charge is -1.82. The van der Waals surface area contributed by atoms with E-state index in [4.69, 9.17) is 0 Å². The van der Waals surface area contributed by atoms with E-state index in [0.717, 1.165) is 0 Å². The maximum Gasteiger partial charge on any atom is 0.559 e.